The van der Waals surface area contributed by atoms with Gasteiger partial charge in [0.05, 0.1) is 12.1 Å². The number of rotatable bonds is 4. The van der Waals surface area contributed by atoms with Crippen molar-refractivity contribution in [3.05, 3.63) is 29.3 Å². The van der Waals surface area contributed by atoms with Gasteiger partial charge in [-0.1, -0.05) is 38.0 Å². The largest absolute Gasteiger partial charge is 0.394 e. The minimum atomic E-state index is -0.431. The molecule has 1 aliphatic rings. The maximum atomic E-state index is 12.2. The van der Waals surface area contributed by atoms with Crippen LogP contribution in [0.5, 0.6) is 0 Å². The monoisotopic (exact) mass is 276 g/mol. The quantitative estimate of drug-likeness (QED) is 0.791. The van der Waals surface area contributed by atoms with Crippen molar-refractivity contribution < 1.29 is 9.90 Å². The molecule has 0 radical (unpaired) electrons. The minimum Gasteiger partial charge on any atom is -0.394 e. The van der Waals surface area contributed by atoms with Crippen molar-refractivity contribution in [1.82, 2.24) is 5.32 Å². The van der Waals surface area contributed by atoms with Gasteiger partial charge in [0.1, 0.15) is 0 Å². The lowest BCUT2D eigenvalue weighted by atomic mass is 9.99. The van der Waals surface area contributed by atoms with Gasteiger partial charge in [-0.3, -0.25) is 0 Å². The van der Waals surface area contributed by atoms with Crippen LogP contribution in [0.25, 0.3) is 0 Å². The van der Waals surface area contributed by atoms with Gasteiger partial charge in [-0.15, -0.1) is 0 Å². The summed E-state index contributed by atoms with van der Waals surface area (Å²) in [6.07, 6.45) is 4.70. The summed E-state index contributed by atoms with van der Waals surface area (Å²) in [6.45, 7) is 4.07. The van der Waals surface area contributed by atoms with Crippen LogP contribution in [0.4, 0.5) is 10.5 Å². The third-order valence-electron chi connectivity index (χ3n) is 4.22. The van der Waals surface area contributed by atoms with Gasteiger partial charge in [-0.2, -0.15) is 0 Å². The molecule has 1 aromatic rings. The number of anilines is 1. The van der Waals surface area contributed by atoms with Gasteiger partial charge >= 0.3 is 6.03 Å². The molecule has 0 aromatic heterocycles. The molecule has 0 saturated heterocycles. The Labute approximate surface area is 120 Å². The molecule has 2 rings (SSSR count). The van der Waals surface area contributed by atoms with Crippen molar-refractivity contribution in [3.63, 3.8) is 0 Å². The number of hydrogen-bond donors (Lipinski definition) is 3. The molecular formula is C16H24N2O2. The molecule has 0 atom stereocenters. The van der Waals surface area contributed by atoms with Gasteiger partial charge in [-0.05, 0) is 37.3 Å². The molecule has 1 aromatic carbocycles. The molecule has 1 saturated carbocycles. The maximum Gasteiger partial charge on any atom is 0.319 e. The number of amides is 2. The lowest BCUT2D eigenvalue weighted by Crippen LogP contribution is -2.50. The molecule has 110 valence electrons. The first kappa shape index (κ1) is 14.9. The van der Waals surface area contributed by atoms with Crippen LogP contribution in [0.15, 0.2) is 18.2 Å². The number of aliphatic hydroxyl groups excluding tert-OH is 1. The fourth-order valence-corrected chi connectivity index (χ4v) is 2.96. The summed E-state index contributed by atoms with van der Waals surface area (Å²) in [5.74, 6) is 0. The molecule has 0 unspecified atom stereocenters. The average molecular weight is 276 g/mol. The van der Waals surface area contributed by atoms with E-state index in [9.17, 15) is 9.90 Å². The molecule has 20 heavy (non-hydrogen) atoms. The first-order chi connectivity index (χ1) is 9.60. The normalized spacial score (nSPS) is 16.9. The number of carbonyl (C=O) groups excluding carboxylic acids is 1. The first-order valence-corrected chi connectivity index (χ1v) is 7.39. The molecule has 4 nitrogen and oxygen atoms in total. The zero-order valence-electron chi connectivity index (χ0n) is 12.3. The van der Waals surface area contributed by atoms with Gasteiger partial charge in [0.2, 0.25) is 0 Å². The second-order valence-electron chi connectivity index (χ2n) is 5.69. The first-order valence-electron chi connectivity index (χ1n) is 7.39. The van der Waals surface area contributed by atoms with Crippen LogP contribution in [-0.4, -0.2) is 23.3 Å². The Morgan fingerprint density at radius 2 is 2.05 bits per heavy atom. The van der Waals surface area contributed by atoms with Gasteiger partial charge in [0.25, 0.3) is 0 Å². The van der Waals surface area contributed by atoms with Gasteiger partial charge in [-0.25, -0.2) is 4.79 Å². The zero-order valence-corrected chi connectivity index (χ0v) is 12.3. The van der Waals surface area contributed by atoms with E-state index in [4.69, 9.17) is 0 Å². The van der Waals surface area contributed by atoms with E-state index >= 15 is 0 Å². The van der Waals surface area contributed by atoms with Crippen molar-refractivity contribution in [3.8, 4) is 0 Å². The molecule has 1 aliphatic carbocycles. The van der Waals surface area contributed by atoms with E-state index in [0.29, 0.717) is 0 Å². The summed E-state index contributed by atoms with van der Waals surface area (Å²) >= 11 is 0. The highest BCUT2D eigenvalue weighted by molar-refractivity contribution is 5.91. The summed E-state index contributed by atoms with van der Waals surface area (Å²) < 4.78 is 0. The predicted molar refractivity (Wildman–Crippen MR) is 81.0 cm³/mol. The number of hydrogen-bond acceptors (Lipinski definition) is 2. The molecule has 4 heteroatoms. The van der Waals surface area contributed by atoms with Crippen LogP contribution in [0.3, 0.4) is 0 Å². The minimum absolute atomic E-state index is 0.00876. The van der Waals surface area contributed by atoms with E-state index in [2.05, 4.69) is 17.6 Å². The van der Waals surface area contributed by atoms with Crippen molar-refractivity contribution in [2.24, 2.45) is 0 Å². The predicted octanol–water partition coefficient (Wildman–Crippen LogP) is 2.98. The van der Waals surface area contributed by atoms with Crippen molar-refractivity contribution in [1.29, 1.82) is 0 Å². The molecular weight excluding hydrogens is 252 g/mol. The summed E-state index contributed by atoms with van der Waals surface area (Å²) in [7, 11) is 0. The summed E-state index contributed by atoms with van der Waals surface area (Å²) in [5.41, 5.74) is 2.64. The number of carbonyl (C=O) groups is 1. The lowest BCUT2D eigenvalue weighted by Gasteiger charge is -2.28. The fourth-order valence-electron chi connectivity index (χ4n) is 2.96. The standard InChI is InChI=1S/C16H24N2O2/c1-3-13-8-6-7-12(2)14(13)17-15(20)18-16(11-19)9-4-5-10-16/h6-8,19H,3-5,9-11H2,1-2H3,(H2,17,18,20). The lowest BCUT2D eigenvalue weighted by molar-refractivity contribution is 0.167. The summed E-state index contributed by atoms with van der Waals surface area (Å²) in [4.78, 5) is 12.2. The zero-order chi connectivity index (χ0) is 14.6. The molecule has 0 spiro atoms. The van der Waals surface area contributed by atoms with Gasteiger partial charge in [0, 0.05) is 5.69 Å². The van der Waals surface area contributed by atoms with Gasteiger partial charge < -0.3 is 15.7 Å². The Morgan fingerprint density at radius 3 is 2.65 bits per heavy atom. The van der Waals surface area contributed by atoms with Crippen LogP contribution in [-0.2, 0) is 6.42 Å². The molecule has 0 bridgehead atoms. The van der Waals surface area contributed by atoms with Crippen molar-refractivity contribution in [2.75, 3.05) is 11.9 Å². The van der Waals surface area contributed by atoms with E-state index < -0.39 is 5.54 Å². The molecule has 0 aliphatic heterocycles. The highest BCUT2D eigenvalue weighted by atomic mass is 16.3. The molecule has 1 fully saturated rings. The SMILES string of the molecule is CCc1cccc(C)c1NC(=O)NC1(CO)CCCC1. The highest BCUT2D eigenvalue weighted by Crippen LogP contribution is 2.29. The third kappa shape index (κ3) is 3.12. The highest BCUT2D eigenvalue weighted by Gasteiger charge is 2.34. The number of benzene rings is 1. The van der Waals surface area contributed by atoms with Crippen LogP contribution >= 0.6 is 0 Å². The van der Waals surface area contributed by atoms with E-state index in [0.717, 1.165) is 48.9 Å². The fraction of sp³-hybridized carbons (Fsp3) is 0.562. The Kier molecular flexibility index (Phi) is 4.65. The topological polar surface area (TPSA) is 61.4 Å². The van der Waals surface area contributed by atoms with Crippen molar-refractivity contribution in [2.45, 2.75) is 51.5 Å². The van der Waals surface area contributed by atoms with E-state index in [-0.39, 0.29) is 12.6 Å². The van der Waals surface area contributed by atoms with Crippen LogP contribution in [0, 0.1) is 6.92 Å². The molecule has 3 N–H and O–H groups in total. The number of aliphatic hydroxyl groups is 1. The number of para-hydroxylation sites is 1. The Hall–Kier alpha value is -1.55. The number of nitrogens with one attached hydrogen (secondary N) is 2. The number of aryl methyl sites for hydroxylation is 2. The summed E-state index contributed by atoms with van der Waals surface area (Å²) in [6, 6.07) is 5.81. The van der Waals surface area contributed by atoms with Crippen molar-refractivity contribution >= 4 is 11.7 Å². The Bertz CT molecular complexity index is 479. The average Bonchev–Trinajstić information content (AvgIpc) is 2.90. The Balaban J connectivity index is 2.08. The van der Waals surface area contributed by atoms with Gasteiger partial charge in [0.15, 0.2) is 0 Å². The second-order valence-corrected chi connectivity index (χ2v) is 5.69. The second kappa shape index (κ2) is 6.27. The third-order valence-corrected chi connectivity index (χ3v) is 4.22. The van der Waals surface area contributed by atoms with Crippen LogP contribution in [0.2, 0.25) is 0 Å². The van der Waals surface area contributed by atoms with E-state index in [1.165, 1.54) is 0 Å². The van der Waals surface area contributed by atoms with E-state index in [1.54, 1.807) is 0 Å². The summed E-state index contributed by atoms with van der Waals surface area (Å²) in [5, 5.41) is 15.5. The molecule has 0 heterocycles. The van der Waals surface area contributed by atoms with E-state index in [1.807, 2.05) is 25.1 Å². The number of urea groups is 1. The van der Waals surface area contributed by atoms with Crippen LogP contribution in [0.1, 0.15) is 43.7 Å². The van der Waals surface area contributed by atoms with Crippen LogP contribution < -0.4 is 10.6 Å². The molecule has 2 amide bonds. The smallest absolute Gasteiger partial charge is 0.319 e. The Morgan fingerprint density at radius 1 is 1.35 bits per heavy atom. The maximum absolute atomic E-state index is 12.2.